The summed E-state index contributed by atoms with van der Waals surface area (Å²) in [7, 11) is 0. The van der Waals surface area contributed by atoms with E-state index < -0.39 is 0 Å². The fourth-order valence-electron chi connectivity index (χ4n) is 8.02. The minimum absolute atomic E-state index is 0.905. The Morgan fingerprint density at radius 1 is 0.204 bits per heavy atom. The average molecular weight is 739 g/mol. The number of benzene rings is 1. The fourth-order valence-corrected chi connectivity index (χ4v) is 8.02. The van der Waals surface area contributed by atoms with Crippen LogP contribution in [0.2, 0.25) is 0 Å². The zero-order valence-corrected chi connectivity index (χ0v) is 35.9. The van der Waals surface area contributed by atoms with Gasteiger partial charge in [-0.2, -0.15) is 0 Å². The van der Waals surface area contributed by atoms with E-state index in [2.05, 4.69) is 41.5 Å². The van der Waals surface area contributed by atoms with Gasteiger partial charge in [0.15, 0.2) is 0 Å². The number of hydrogen-bond acceptors (Lipinski definition) is 6. The molecule has 0 radical (unpaired) electrons. The third-order valence-corrected chi connectivity index (χ3v) is 11.4. The lowest BCUT2D eigenvalue weighted by Gasteiger charge is -2.17. The first kappa shape index (κ1) is 44.0. The molecule has 0 spiro atoms. The van der Waals surface area contributed by atoms with Crippen molar-refractivity contribution >= 4 is 33.1 Å². The van der Waals surface area contributed by atoms with Crippen LogP contribution >= 0.6 is 0 Å². The molecule has 0 aliphatic heterocycles. The summed E-state index contributed by atoms with van der Waals surface area (Å²) >= 11 is 0. The van der Waals surface area contributed by atoms with E-state index in [-0.39, 0.29) is 0 Å². The van der Waals surface area contributed by atoms with Crippen LogP contribution in [-0.4, -0.2) is 29.9 Å². The average Bonchev–Trinajstić information content (AvgIpc) is 3.19. The van der Waals surface area contributed by atoms with Crippen molar-refractivity contribution in [1.29, 1.82) is 0 Å². The molecule has 0 bridgehead atoms. The Hall–Kier alpha value is -2.76. The van der Waals surface area contributed by atoms with Gasteiger partial charge in [-0.1, -0.05) is 157 Å². The predicted molar refractivity (Wildman–Crippen MR) is 233 cm³/mol. The summed E-state index contributed by atoms with van der Waals surface area (Å²) < 4.78 is 0. The highest BCUT2D eigenvalue weighted by molar-refractivity contribution is 6.18. The van der Waals surface area contributed by atoms with Crippen LogP contribution in [0.1, 0.15) is 230 Å². The maximum Gasteiger partial charge on any atom is 0.119 e. The Balaban J connectivity index is 2.00. The van der Waals surface area contributed by atoms with E-state index in [9.17, 15) is 0 Å². The number of hydrogen-bond donors (Lipinski definition) is 0. The molecule has 3 aromatic heterocycles. The third-order valence-electron chi connectivity index (χ3n) is 11.4. The summed E-state index contributed by atoms with van der Waals surface area (Å²) in [6.45, 7) is 13.7. The summed E-state index contributed by atoms with van der Waals surface area (Å²) in [6.07, 6.45) is 35.2. The van der Waals surface area contributed by atoms with Crippen molar-refractivity contribution in [2.24, 2.45) is 0 Å². The quantitative estimate of drug-likeness (QED) is 0.0391. The van der Waals surface area contributed by atoms with Gasteiger partial charge in [0.25, 0.3) is 0 Å². The van der Waals surface area contributed by atoms with Gasteiger partial charge in [0.1, 0.15) is 33.1 Å². The van der Waals surface area contributed by atoms with Crippen molar-refractivity contribution in [3.63, 3.8) is 0 Å². The highest BCUT2D eigenvalue weighted by Gasteiger charge is 2.23. The van der Waals surface area contributed by atoms with Gasteiger partial charge >= 0.3 is 0 Å². The molecule has 4 rings (SSSR count). The Labute approximate surface area is 330 Å². The number of unbranched alkanes of at least 4 members (excludes halogenated alkanes) is 18. The molecule has 0 atom stereocenters. The van der Waals surface area contributed by atoms with Crippen LogP contribution in [0.5, 0.6) is 0 Å². The second-order valence-corrected chi connectivity index (χ2v) is 16.3. The molecule has 0 fully saturated rings. The molecular weight excluding hydrogens is 661 g/mol. The molecule has 0 amide bonds. The van der Waals surface area contributed by atoms with Crippen LogP contribution in [0.3, 0.4) is 0 Å². The molecule has 3 heterocycles. The first-order chi connectivity index (χ1) is 26.6. The molecule has 54 heavy (non-hydrogen) atoms. The van der Waals surface area contributed by atoms with Crippen molar-refractivity contribution in [3.8, 4) is 0 Å². The van der Waals surface area contributed by atoms with E-state index in [1.165, 1.54) is 150 Å². The summed E-state index contributed by atoms with van der Waals surface area (Å²) in [5, 5.41) is 0. The Morgan fingerprint density at radius 3 is 0.481 bits per heavy atom. The molecule has 0 aliphatic rings. The topological polar surface area (TPSA) is 77.3 Å². The molecule has 0 unspecified atom stereocenters. The molecule has 0 aliphatic carbocycles. The van der Waals surface area contributed by atoms with Gasteiger partial charge in [-0.05, 0) is 77.0 Å². The van der Waals surface area contributed by atoms with Crippen LogP contribution in [0.25, 0.3) is 33.1 Å². The summed E-state index contributed by atoms with van der Waals surface area (Å²) in [4.78, 5) is 33.6. The van der Waals surface area contributed by atoms with Crippen LogP contribution in [-0.2, 0) is 38.5 Å². The molecule has 0 N–H and O–H groups in total. The second-order valence-electron chi connectivity index (χ2n) is 16.3. The van der Waals surface area contributed by atoms with Gasteiger partial charge in [0, 0.05) is 0 Å². The normalized spacial score (nSPS) is 11.9. The molecule has 300 valence electrons. The van der Waals surface area contributed by atoms with Crippen molar-refractivity contribution in [2.75, 3.05) is 0 Å². The van der Waals surface area contributed by atoms with E-state index in [1.54, 1.807) is 0 Å². The van der Waals surface area contributed by atoms with Gasteiger partial charge in [-0.3, -0.25) is 0 Å². The second kappa shape index (κ2) is 25.4. The van der Waals surface area contributed by atoms with Gasteiger partial charge in [-0.25, -0.2) is 29.9 Å². The largest absolute Gasteiger partial charge is 0.247 e. The van der Waals surface area contributed by atoms with Crippen LogP contribution in [0, 0.1) is 0 Å². The Bertz CT molecular complexity index is 1320. The van der Waals surface area contributed by atoms with Crippen LogP contribution < -0.4 is 0 Å². The number of aromatic nitrogens is 6. The maximum absolute atomic E-state index is 5.59. The molecule has 6 nitrogen and oxygen atoms in total. The molecule has 0 saturated carbocycles. The Kier molecular flexibility index (Phi) is 20.7. The minimum atomic E-state index is 0.905. The van der Waals surface area contributed by atoms with Gasteiger partial charge in [0.05, 0.1) is 34.2 Å². The van der Waals surface area contributed by atoms with Crippen molar-refractivity contribution < 1.29 is 0 Å². The smallest absolute Gasteiger partial charge is 0.119 e. The SMILES string of the molecule is CCCCCCc1nc2c3nc(CCCCCC)c(CCCCCC)nc3c3nc(CCCCCC)c(CCCCCC)nc3c2nc1CCCCCC. The zero-order valence-electron chi connectivity index (χ0n) is 35.9. The van der Waals surface area contributed by atoms with E-state index >= 15 is 0 Å². The number of fused-ring (bicyclic) bond motifs is 6. The van der Waals surface area contributed by atoms with Gasteiger partial charge < -0.3 is 0 Å². The third kappa shape index (κ3) is 13.2. The lowest BCUT2D eigenvalue weighted by molar-refractivity contribution is 0.637. The molecule has 6 heteroatoms. The maximum atomic E-state index is 5.59. The van der Waals surface area contributed by atoms with Crippen molar-refractivity contribution in [3.05, 3.63) is 34.2 Å². The molecule has 1 aromatic carbocycles. The first-order valence-electron chi connectivity index (χ1n) is 23.3. The number of nitrogens with zero attached hydrogens (tertiary/aromatic N) is 6. The minimum Gasteiger partial charge on any atom is -0.247 e. The van der Waals surface area contributed by atoms with Gasteiger partial charge in [0.2, 0.25) is 0 Å². The van der Waals surface area contributed by atoms with Gasteiger partial charge in [-0.15, -0.1) is 0 Å². The summed E-state index contributed by atoms with van der Waals surface area (Å²) in [6, 6.07) is 0. The first-order valence-corrected chi connectivity index (χ1v) is 23.3. The fraction of sp³-hybridized carbons (Fsp3) is 0.750. The van der Waals surface area contributed by atoms with Crippen LogP contribution in [0.15, 0.2) is 0 Å². The molecule has 0 saturated heterocycles. The van der Waals surface area contributed by atoms with E-state index in [4.69, 9.17) is 29.9 Å². The highest BCUT2D eigenvalue weighted by atomic mass is 14.9. The summed E-state index contributed by atoms with van der Waals surface area (Å²) in [5.74, 6) is 0. The molecule has 4 aromatic rings. The zero-order chi connectivity index (χ0) is 38.4. The molecular formula is C48H78N6. The van der Waals surface area contributed by atoms with Crippen molar-refractivity contribution in [2.45, 2.75) is 234 Å². The lowest BCUT2D eigenvalue weighted by atomic mass is 10.0. The number of rotatable bonds is 30. The number of aryl methyl sites for hydroxylation is 6. The highest BCUT2D eigenvalue weighted by Crippen LogP contribution is 2.33. The van der Waals surface area contributed by atoms with Crippen LogP contribution in [0.4, 0.5) is 0 Å². The van der Waals surface area contributed by atoms with E-state index in [0.29, 0.717) is 0 Å². The lowest BCUT2D eigenvalue weighted by Crippen LogP contribution is -2.10. The predicted octanol–water partition coefficient (Wildman–Crippen LogP) is 14.3. The van der Waals surface area contributed by atoms with E-state index in [1.807, 2.05) is 0 Å². The van der Waals surface area contributed by atoms with E-state index in [0.717, 1.165) is 110 Å². The monoisotopic (exact) mass is 739 g/mol. The standard InChI is InChI=1S/C48H78N6/c1-7-13-19-25-31-37-38(32-26-20-14-8-2)50-44-43(49-37)45-47(53-40(34-28-22-16-10-4)39(51-45)33-27-21-15-9-3)48-46(44)52-41(35-29-23-17-11-5)42(54-48)36-30-24-18-12-6/h7-36H2,1-6H3. The Morgan fingerprint density at radius 2 is 0.352 bits per heavy atom. The van der Waals surface area contributed by atoms with Crippen molar-refractivity contribution in [1.82, 2.24) is 29.9 Å². The summed E-state index contributed by atoms with van der Waals surface area (Å²) in [5.41, 5.74) is 12.5.